The Hall–Kier alpha value is -1.14. The minimum Gasteiger partial charge on any atom is -0.481 e. The Kier molecular flexibility index (Phi) is 3.87. The van der Waals surface area contributed by atoms with Gasteiger partial charge in [0.2, 0.25) is 0 Å². The van der Waals surface area contributed by atoms with E-state index < -0.39 is 11.9 Å². The monoisotopic (exact) mass is 269 g/mol. The smallest absolute Gasteiger partial charge is 0.312 e. The lowest BCUT2D eigenvalue weighted by atomic mass is 10.1. The summed E-state index contributed by atoms with van der Waals surface area (Å²) in [5.74, 6) is -1.16. The zero-order valence-electron chi connectivity index (χ0n) is 10.9. The molecule has 1 aliphatic carbocycles. The number of thiazole rings is 1. The lowest BCUT2D eigenvalue weighted by molar-refractivity contribution is -0.138. The molecule has 2 N–H and O–H groups in total. The Labute approximate surface area is 111 Å². The second-order valence-electron chi connectivity index (χ2n) is 4.95. The van der Waals surface area contributed by atoms with Crippen molar-refractivity contribution in [1.29, 1.82) is 0 Å². The van der Waals surface area contributed by atoms with E-state index in [1.807, 2.05) is 14.1 Å². The van der Waals surface area contributed by atoms with Gasteiger partial charge in [-0.25, -0.2) is 4.98 Å². The van der Waals surface area contributed by atoms with Crippen LogP contribution in [0.15, 0.2) is 0 Å². The molecule has 1 aliphatic rings. The van der Waals surface area contributed by atoms with Gasteiger partial charge in [0.05, 0.1) is 5.69 Å². The first-order chi connectivity index (χ1) is 8.49. The normalized spacial score (nSPS) is 19.9. The molecule has 0 aromatic carbocycles. The molecule has 0 fully saturated rings. The molecular formula is C12H19N3O2S. The molecule has 0 amide bonds. The van der Waals surface area contributed by atoms with Crippen molar-refractivity contribution in [3.63, 3.8) is 0 Å². The molecule has 2 atom stereocenters. The van der Waals surface area contributed by atoms with Gasteiger partial charge < -0.3 is 15.3 Å². The van der Waals surface area contributed by atoms with Crippen molar-refractivity contribution < 1.29 is 9.90 Å². The van der Waals surface area contributed by atoms with E-state index >= 15 is 0 Å². The Morgan fingerprint density at radius 1 is 1.67 bits per heavy atom. The number of aromatic nitrogens is 1. The van der Waals surface area contributed by atoms with Gasteiger partial charge in [-0.15, -0.1) is 11.3 Å². The molecule has 2 unspecified atom stereocenters. The van der Waals surface area contributed by atoms with E-state index in [0.29, 0.717) is 12.5 Å². The van der Waals surface area contributed by atoms with Gasteiger partial charge in [0.1, 0.15) is 5.92 Å². The molecule has 5 nitrogen and oxygen atoms in total. The summed E-state index contributed by atoms with van der Waals surface area (Å²) >= 11 is 1.59. The van der Waals surface area contributed by atoms with Crippen molar-refractivity contribution in [2.75, 3.05) is 26.0 Å². The number of rotatable bonds is 5. The molecule has 1 heterocycles. The summed E-state index contributed by atoms with van der Waals surface area (Å²) < 4.78 is 0. The fraction of sp³-hybridized carbons (Fsp3) is 0.667. The predicted molar refractivity (Wildman–Crippen MR) is 72.5 cm³/mol. The molecule has 0 saturated carbocycles. The van der Waals surface area contributed by atoms with Gasteiger partial charge in [-0.2, -0.15) is 0 Å². The number of hydrogen-bond donors (Lipinski definition) is 2. The summed E-state index contributed by atoms with van der Waals surface area (Å²) in [6.07, 6.45) is 1.53. The van der Waals surface area contributed by atoms with Crippen LogP contribution in [0.2, 0.25) is 0 Å². The molecule has 6 heteroatoms. The van der Waals surface area contributed by atoms with E-state index in [1.54, 1.807) is 11.3 Å². The number of aryl methyl sites for hydroxylation is 1. The summed E-state index contributed by atoms with van der Waals surface area (Å²) in [6.45, 7) is 2.95. The summed E-state index contributed by atoms with van der Waals surface area (Å²) in [5.41, 5.74) is 0.771. The van der Waals surface area contributed by atoms with E-state index in [9.17, 15) is 4.79 Å². The SMILES string of the molecule is CC(CNc1nc2c(s1)CCC2C(=O)O)N(C)C. The summed E-state index contributed by atoms with van der Waals surface area (Å²) in [5, 5.41) is 13.2. The molecule has 0 radical (unpaired) electrons. The van der Waals surface area contributed by atoms with Crippen LogP contribution in [-0.2, 0) is 11.2 Å². The molecular weight excluding hydrogens is 250 g/mol. The van der Waals surface area contributed by atoms with Crippen LogP contribution >= 0.6 is 11.3 Å². The molecule has 0 bridgehead atoms. The fourth-order valence-corrected chi connectivity index (χ4v) is 3.01. The second kappa shape index (κ2) is 5.24. The molecule has 0 saturated heterocycles. The van der Waals surface area contributed by atoms with Crippen LogP contribution in [0.4, 0.5) is 5.13 Å². The van der Waals surface area contributed by atoms with Gasteiger partial charge in [0.15, 0.2) is 5.13 Å². The third kappa shape index (κ3) is 2.64. The molecule has 1 aromatic rings. The van der Waals surface area contributed by atoms with Crippen LogP contribution in [0, 0.1) is 0 Å². The molecule has 0 spiro atoms. The number of carboxylic acids is 1. The van der Waals surface area contributed by atoms with Crippen LogP contribution in [0.25, 0.3) is 0 Å². The summed E-state index contributed by atoms with van der Waals surface area (Å²) in [4.78, 5) is 18.8. The Bertz CT molecular complexity index is 445. The zero-order valence-corrected chi connectivity index (χ0v) is 11.8. The standard InChI is InChI=1S/C12H19N3O2S/c1-7(15(2)3)6-13-12-14-10-8(11(16)17)4-5-9(10)18-12/h7-8H,4-6H2,1-3H3,(H,13,14)(H,16,17). The van der Waals surface area contributed by atoms with E-state index in [-0.39, 0.29) is 0 Å². The zero-order chi connectivity index (χ0) is 13.3. The van der Waals surface area contributed by atoms with Crippen molar-refractivity contribution in [2.24, 2.45) is 0 Å². The maximum atomic E-state index is 11.1. The number of carbonyl (C=O) groups is 1. The molecule has 0 aliphatic heterocycles. The van der Waals surface area contributed by atoms with E-state index in [1.165, 1.54) is 0 Å². The highest BCUT2D eigenvalue weighted by molar-refractivity contribution is 7.15. The van der Waals surface area contributed by atoms with Gasteiger partial charge in [0.25, 0.3) is 0 Å². The second-order valence-corrected chi connectivity index (χ2v) is 6.03. The largest absolute Gasteiger partial charge is 0.481 e. The molecule has 2 rings (SSSR count). The maximum absolute atomic E-state index is 11.1. The van der Waals surface area contributed by atoms with Crippen LogP contribution in [0.3, 0.4) is 0 Å². The van der Waals surface area contributed by atoms with Crippen LogP contribution in [-0.4, -0.2) is 47.6 Å². The number of hydrogen-bond acceptors (Lipinski definition) is 5. The molecule has 100 valence electrons. The van der Waals surface area contributed by atoms with Crippen LogP contribution in [0.5, 0.6) is 0 Å². The van der Waals surface area contributed by atoms with Crippen LogP contribution in [0.1, 0.15) is 29.8 Å². The number of anilines is 1. The van der Waals surface area contributed by atoms with Gasteiger partial charge in [-0.3, -0.25) is 4.79 Å². The van der Waals surface area contributed by atoms with Crippen molar-refractivity contribution in [2.45, 2.75) is 31.7 Å². The van der Waals surface area contributed by atoms with Gasteiger partial charge >= 0.3 is 5.97 Å². The number of carboxylic acid groups (broad SMARTS) is 1. The van der Waals surface area contributed by atoms with Gasteiger partial charge in [0, 0.05) is 17.5 Å². The highest BCUT2D eigenvalue weighted by Crippen LogP contribution is 2.38. The Balaban J connectivity index is 2.01. The minimum absolute atomic E-state index is 0.405. The lowest BCUT2D eigenvalue weighted by Crippen LogP contribution is -2.31. The number of nitrogens with one attached hydrogen (secondary N) is 1. The first-order valence-electron chi connectivity index (χ1n) is 6.11. The van der Waals surface area contributed by atoms with E-state index in [2.05, 4.69) is 22.1 Å². The van der Waals surface area contributed by atoms with Gasteiger partial charge in [-0.05, 0) is 33.9 Å². The van der Waals surface area contributed by atoms with Crippen molar-refractivity contribution >= 4 is 22.4 Å². The number of aliphatic carboxylic acids is 1. The van der Waals surface area contributed by atoms with E-state index in [4.69, 9.17) is 5.11 Å². The third-order valence-electron chi connectivity index (χ3n) is 3.45. The van der Waals surface area contributed by atoms with Crippen molar-refractivity contribution in [1.82, 2.24) is 9.88 Å². The predicted octanol–water partition coefficient (Wildman–Crippen LogP) is 1.62. The average Bonchev–Trinajstić information content (AvgIpc) is 2.83. The number of fused-ring (bicyclic) bond motifs is 1. The fourth-order valence-electron chi connectivity index (χ4n) is 1.96. The Morgan fingerprint density at radius 2 is 2.39 bits per heavy atom. The molecule has 18 heavy (non-hydrogen) atoms. The number of likely N-dealkylation sites (N-methyl/N-ethyl adjacent to an activating group) is 1. The highest BCUT2D eigenvalue weighted by Gasteiger charge is 2.32. The first-order valence-corrected chi connectivity index (χ1v) is 6.93. The van der Waals surface area contributed by atoms with Crippen LogP contribution < -0.4 is 5.32 Å². The summed E-state index contributed by atoms with van der Waals surface area (Å²) in [6, 6.07) is 0.416. The average molecular weight is 269 g/mol. The van der Waals surface area contributed by atoms with Crippen molar-refractivity contribution in [3.8, 4) is 0 Å². The minimum atomic E-state index is -0.757. The van der Waals surface area contributed by atoms with Crippen molar-refractivity contribution in [3.05, 3.63) is 10.6 Å². The quantitative estimate of drug-likeness (QED) is 0.850. The molecule has 1 aromatic heterocycles. The lowest BCUT2D eigenvalue weighted by Gasteiger charge is -2.19. The summed E-state index contributed by atoms with van der Waals surface area (Å²) in [7, 11) is 4.07. The highest BCUT2D eigenvalue weighted by atomic mass is 32.1. The third-order valence-corrected chi connectivity index (χ3v) is 4.53. The maximum Gasteiger partial charge on any atom is 0.312 e. The first kappa shape index (κ1) is 13.3. The van der Waals surface area contributed by atoms with Gasteiger partial charge in [-0.1, -0.05) is 0 Å². The topological polar surface area (TPSA) is 65.5 Å². The number of nitrogens with zero attached hydrogens (tertiary/aromatic N) is 2. The Morgan fingerprint density at radius 3 is 3.00 bits per heavy atom. The van der Waals surface area contributed by atoms with E-state index in [0.717, 1.165) is 28.7 Å².